The van der Waals surface area contributed by atoms with Crippen molar-refractivity contribution in [1.29, 1.82) is 0 Å². The number of H-pyrrole nitrogens is 1. The molecule has 0 bridgehead atoms. The van der Waals surface area contributed by atoms with Gasteiger partial charge in [0.05, 0.1) is 6.10 Å². The zero-order chi connectivity index (χ0) is 20.6. The molecule has 166 valence electrons. The second kappa shape index (κ2) is 12.1. The molecule has 1 atom stereocenters. The van der Waals surface area contributed by atoms with Crippen LogP contribution in [0.15, 0.2) is 29.4 Å². The largest absolute Gasteiger partial charge is 0.376 e. The molecule has 0 radical (unpaired) electrons. The topological polar surface area (TPSA) is 81.8 Å². The molecule has 3 N–H and O–H groups in total. The van der Waals surface area contributed by atoms with Gasteiger partial charge in [-0.15, -0.1) is 24.0 Å². The summed E-state index contributed by atoms with van der Waals surface area (Å²) in [6.07, 6.45) is 6.13. The molecule has 1 amide bonds. The number of nitrogens with zero attached hydrogens (tertiary/aromatic N) is 2. The number of hydrogen-bond donors (Lipinski definition) is 3. The molecular formula is C21H31FIN5O2. The Kier molecular flexibility index (Phi) is 9.83. The Labute approximate surface area is 193 Å². The first kappa shape index (κ1) is 24.4. The average Bonchev–Trinajstić information content (AvgIpc) is 3.12. The summed E-state index contributed by atoms with van der Waals surface area (Å²) in [5, 5.41) is 7.60. The molecule has 1 saturated heterocycles. The summed E-state index contributed by atoms with van der Waals surface area (Å²) in [6, 6.07) is 4.76. The van der Waals surface area contributed by atoms with Gasteiger partial charge < -0.3 is 25.3 Å². The minimum absolute atomic E-state index is 0. The van der Waals surface area contributed by atoms with Gasteiger partial charge in [0.1, 0.15) is 12.4 Å². The van der Waals surface area contributed by atoms with Crippen molar-refractivity contribution in [2.24, 2.45) is 4.99 Å². The maximum atomic E-state index is 13.4. The predicted octanol–water partition coefficient (Wildman–Crippen LogP) is 2.66. The molecule has 0 saturated carbocycles. The standard InChI is InChI=1S/C21H30FN5O2.HI/c1-27(2)20(28)14-26-21(25-13-17-5-3-4-10-29-17)23-9-8-15-12-24-19-11-16(22)6-7-18(15)19;/h6-7,11-12,17,24H,3-5,8-10,13-14H2,1-2H3,(H2,23,25,26);1H. The van der Waals surface area contributed by atoms with Crippen molar-refractivity contribution < 1.29 is 13.9 Å². The van der Waals surface area contributed by atoms with E-state index in [0.29, 0.717) is 19.0 Å². The summed E-state index contributed by atoms with van der Waals surface area (Å²) in [5.74, 6) is 0.289. The normalized spacial score (nSPS) is 16.8. The van der Waals surface area contributed by atoms with E-state index in [1.165, 1.54) is 23.5 Å². The predicted molar refractivity (Wildman–Crippen MR) is 128 cm³/mol. The van der Waals surface area contributed by atoms with Crippen molar-refractivity contribution in [2.75, 3.05) is 40.3 Å². The van der Waals surface area contributed by atoms with Crippen LogP contribution >= 0.6 is 24.0 Å². The van der Waals surface area contributed by atoms with Crippen LogP contribution in [0.1, 0.15) is 24.8 Å². The first-order chi connectivity index (χ1) is 14.0. The molecule has 2 aromatic rings. The van der Waals surface area contributed by atoms with Crippen LogP contribution in [0.2, 0.25) is 0 Å². The number of aromatic amines is 1. The number of hydrogen-bond acceptors (Lipinski definition) is 3. The summed E-state index contributed by atoms with van der Waals surface area (Å²) in [5.41, 5.74) is 1.89. The SMILES string of the molecule is CN(C)C(=O)CN=C(NCCc1c[nH]c2cc(F)ccc12)NCC1CCCCO1.I. The Bertz CT molecular complexity index is 849. The molecule has 0 spiro atoms. The third-order valence-corrected chi connectivity index (χ3v) is 5.06. The number of carbonyl (C=O) groups is 1. The fourth-order valence-electron chi connectivity index (χ4n) is 3.32. The Hall–Kier alpha value is -1.88. The molecular weight excluding hydrogens is 500 g/mol. The fourth-order valence-corrected chi connectivity index (χ4v) is 3.32. The van der Waals surface area contributed by atoms with Gasteiger partial charge in [-0.05, 0) is 49.4 Å². The smallest absolute Gasteiger partial charge is 0.243 e. The third kappa shape index (κ3) is 7.12. The van der Waals surface area contributed by atoms with Gasteiger partial charge in [0.2, 0.25) is 5.91 Å². The first-order valence-corrected chi connectivity index (χ1v) is 10.1. The summed E-state index contributed by atoms with van der Waals surface area (Å²) in [4.78, 5) is 20.9. The number of benzene rings is 1. The Balaban J connectivity index is 0.00000320. The van der Waals surface area contributed by atoms with E-state index in [9.17, 15) is 9.18 Å². The monoisotopic (exact) mass is 531 g/mol. The zero-order valence-electron chi connectivity index (χ0n) is 17.5. The highest BCUT2D eigenvalue weighted by Gasteiger charge is 2.14. The number of rotatable bonds is 7. The number of amides is 1. The minimum atomic E-state index is -0.252. The van der Waals surface area contributed by atoms with Crippen LogP contribution in [0.3, 0.4) is 0 Å². The quantitative estimate of drug-likeness (QED) is 0.292. The third-order valence-electron chi connectivity index (χ3n) is 5.06. The lowest BCUT2D eigenvalue weighted by Gasteiger charge is -2.24. The number of carbonyl (C=O) groups excluding carboxylic acids is 1. The van der Waals surface area contributed by atoms with E-state index in [1.807, 2.05) is 6.20 Å². The number of fused-ring (bicyclic) bond motifs is 1. The highest BCUT2D eigenvalue weighted by atomic mass is 127. The summed E-state index contributed by atoms with van der Waals surface area (Å²) in [6.45, 7) is 2.18. The van der Waals surface area contributed by atoms with Crippen LogP contribution in [0.5, 0.6) is 0 Å². The number of ether oxygens (including phenoxy) is 1. The number of nitrogens with one attached hydrogen (secondary N) is 3. The number of halogens is 2. The molecule has 3 rings (SSSR count). The van der Waals surface area contributed by atoms with Crippen molar-refractivity contribution >= 4 is 46.7 Å². The number of likely N-dealkylation sites (N-methyl/N-ethyl adjacent to an activating group) is 1. The van der Waals surface area contributed by atoms with Crippen LogP contribution in [-0.4, -0.2) is 68.2 Å². The van der Waals surface area contributed by atoms with Gasteiger partial charge in [-0.1, -0.05) is 0 Å². The first-order valence-electron chi connectivity index (χ1n) is 10.1. The summed E-state index contributed by atoms with van der Waals surface area (Å²) in [7, 11) is 3.43. The van der Waals surface area contributed by atoms with E-state index in [4.69, 9.17) is 4.74 Å². The maximum absolute atomic E-state index is 13.4. The summed E-state index contributed by atoms with van der Waals surface area (Å²) < 4.78 is 19.1. The van der Waals surface area contributed by atoms with Gasteiger partial charge in [0.15, 0.2) is 5.96 Å². The Morgan fingerprint density at radius 3 is 2.90 bits per heavy atom. The number of aromatic nitrogens is 1. The molecule has 9 heteroatoms. The van der Waals surface area contributed by atoms with Gasteiger partial charge in [0.25, 0.3) is 0 Å². The van der Waals surface area contributed by atoms with E-state index >= 15 is 0 Å². The molecule has 30 heavy (non-hydrogen) atoms. The second-order valence-corrected chi connectivity index (χ2v) is 7.50. The number of aliphatic imine (C=N–C) groups is 1. The molecule has 1 aromatic heterocycles. The lowest BCUT2D eigenvalue weighted by molar-refractivity contribution is -0.127. The van der Waals surface area contributed by atoms with Crippen LogP contribution < -0.4 is 10.6 Å². The van der Waals surface area contributed by atoms with Crippen LogP contribution in [0, 0.1) is 5.82 Å². The average molecular weight is 531 g/mol. The van der Waals surface area contributed by atoms with E-state index < -0.39 is 0 Å². The lowest BCUT2D eigenvalue weighted by Crippen LogP contribution is -2.43. The van der Waals surface area contributed by atoms with Crippen LogP contribution in [0.4, 0.5) is 4.39 Å². The Morgan fingerprint density at radius 2 is 2.17 bits per heavy atom. The molecule has 1 aliphatic heterocycles. The molecule has 1 fully saturated rings. The molecule has 0 aliphatic carbocycles. The van der Waals surface area contributed by atoms with E-state index in [2.05, 4.69) is 20.6 Å². The van der Waals surface area contributed by atoms with Gasteiger partial charge in [-0.3, -0.25) is 4.79 Å². The molecule has 1 aromatic carbocycles. The molecule has 1 aliphatic rings. The van der Waals surface area contributed by atoms with E-state index in [1.54, 1.807) is 20.2 Å². The molecule has 2 heterocycles. The van der Waals surface area contributed by atoms with Crippen molar-refractivity contribution in [2.45, 2.75) is 31.8 Å². The van der Waals surface area contributed by atoms with Crippen molar-refractivity contribution in [3.05, 3.63) is 35.8 Å². The van der Waals surface area contributed by atoms with Crippen molar-refractivity contribution in [3.63, 3.8) is 0 Å². The lowest BCUT2D eigenvalue weighted by atomic mass is 10.1. The highest BCUT2D eigenvalue weighted by Crippen LogP contribution is 2.19. The Morgan fingerprint density at radius 1 is 1.33 bits per heavy atom. The second-order valence-electron chi connectivity index (χ2n) is 7.50. The van der Waals surface area contributed by atoms with Crippen molar-refractivity contribution in [1.82, 2.24) is 20.5 Å². The highest BCUT2D eigenvalue weighted by molar-refractivity contribution is 14.0. The van der Waals surface area contributed by atoms with E-state index in [0.717, 1.165) is 42.3 Å². The maximum Gasteiger partial charge on any atom is 0.243 e. The van der Waals surface area contributed by atoms with E-state index in [-0.39, 0.29) is 48.3 Å². The van der Waals surface area contributed by atoms with Gasteiger partial charge >= 0.3 is 0 Å². The summed E-state index contributed by atoms with van der Waals surface area (Å²) >= 11 is 0. The van der Waals surface area contributed by atoms with Gasteiger partial charge in [-0.25, -0.2) is 9.38 Å². The van der Waals surface area contributed by atoms with Crippen LogP contribution in [0.25, 0.3) is 10.9 Å². The zero-order valence-corrected chi connectivity index (χ0v) is 19.9. The fraction of sp³-hybridized carbons (Fsp3) is 0.524. The van der Waals surface area contributed by atoms with Gasteiger partial charge in [0, 0.05) is 50.9 Å². The molecule has 7 nitrogen and oxygen atoms in total. The minimum Gasteiger partial charge on any atom is -0.376 e. The number of guanidine groups is 1. The van der Waals surface area contributed by atoms with Crippen LogP contribution in [-0.2, 0) is 16.0 Å². The van der Waals surface area contributed by atoms with Crippen molar-refractivity contribution in [3.8, 4) is 0 Å². The molecule has 1 unspecified atom stereocenters. The van der Waals surface area contributed by atoms with Gasteiger partial charge in [-0.2, -0.15) is 0 Å².